The van der Waals surface area contributed by atoms with Crippen molar-refractivity contribution < 1.29 is 19.0 Å². The van der Waals surface area contributed by atoms with Crippen molar-refractivity contribution in [1.82, 2.24) is 0 Å². The highest BCUT2D eigenvalue weighted by atomic mass is 16.5. The van der Waals surface area contributed by atoms with E-state index in [1.807, 2.05) is 18.2 Å². The average molecular weight is 393 g/mol. The number of carbonyl (C=O) groups excluding carboxylic acids is 1. The molecule has 152 valence electrons. The molecule has 1 atom stereocenters. The molecular weight excluding hydrogens is 366 g/mol. The Morgan fingerprint density at radius 1 is 1.00 bits per heavy atom. The van der Waals surface area contributed by atoms with Crippen LogP contribution >= 0.6 is 0 Å². The maximum absolute atomic E-state index is 11.7. The third kappa shape index (κ3) is 7.00. The van der Waals surface area contributed by atoms with Gasteiger partial charge in [-0.25, -0.2) is 4.79 Å². The Labute approximate surface area is 172 Å². The molecule has 5 nitrogen and oxygen atoms in total. The van der Waals surface area contributed by atoms with Crippen LogP contribution in [0.3, 0.4) is 0 Å². The molecule has 0 aliphatic rings. The van der Waals surface area contributed by atoms with Crippen LogP contribution in [-0.4, -0.2) is 25.8 Å². The number of esters is 1. The summed E-state index contributed by atoms with van der Waals surface area (Å²) in [4.78, 5) is 11.7. The Balaban J connectivity index is 1.81. The summed E-state index contributed by atoms with van der Waals surface area (Å²) in [6.07, 6.45) is 2.61. The zero-order valence-electron chi connectivity index (χ0n) is 17.2. The predicted octanol–water partition coefficient (Wildman–Crippen LogP) is 5.13. The topological polar surface area (TPSA) is 68.6 Å². The van der Waals surface area contributed by atoms with E-state index in [-0.39, 0.29) is 12.2 Å². The van der Waals surface area contributed by atoms with Gasteiger partial charge in [0.25, 0.3) is 0 Å². The van der Waals surface area contributed by atoms with Crippen LogP contribution < -0.4 is 9.47 Å². The van der Waals surface area contributed by atoms with E-state index in [9.17, 15) is 4.79 Å². The summed E-state index contributed by atoms with van der Waals surface area (Å²) in [5.41, 5.74) is 2.00. The van der Waals surface area contributed by atoms with Crippen molar-refractivity contribution in [3.8, 4) is 17.6 Å². The molecular formula is C24H27NO4. The minimum atomic E-state index is -0.621. The number of carbonyl (C=O) groups is 1. The average Bonchev–Trinajstić information content (AvgIpc) is 2.76. The Hall–Kier alpha value is -3.26. The van der Waals surface area contributed by atoms with Crippen molar-refractivity contribution in [2.24, 2.45) is 0 Å². The number of benzene rings is 2. The summed E-state index contributed by atoms with van der Waals surface area (Å²) in [6.45, 7) is 7.17. The first-order chi connectivity index (χ1) is 14.1. The van der Waals surface area contributed by atoms with Gasteiger partial charge in [-0.05, 0) is 60.7 Å². The van der Waals surface area contributed by atoms with Gasteiger partial charge in [0, 0.05) is 0 Å². The van der Waals surface area contributed by atoms with Gasteiger partial charge in [-0.2, -0.15) is 5.26 Å². The summed E-state index contributed by atoms with van der Waals surface area (Å²) in [5.74, 6) is 1.44. The Kier molecular flexibility index (Phi) is 8.78. The smallest absolute Gasteiger partial charge is 0.348 e. The van der Waals surface area contributed by atoms with Gasteiger partial charge < -0.3 is 14.2 Å². The molecule has 0 fully saturated rings. The lowest BCUT2D eigenvalue weighted by atomic mass is 9.99. The normalized spacial score (nSPS) is 12.0. The van der Waals surface area contributed by atoms with Crippen LogP contribution in [0.5, 0.6) is 11.5 Å². The van der Waals surface area contributed by atoms with Gasteiger partial charge >= 0.3 is 5.97 Å². The highest BCUT2D eigenvalue weighted by Gasteiger charge is 2.09. The molecule has 2 aromatic carbocycles. The number of ether oxygens (including phenoxy) is 3. The first-order valence-corrected chi connectivity index (χ1v) is 9.81. The van der Waals surface area contributed by atoms with Gasteiger partial charge in [-0.1, -0.05) is 38.1 Å². The molecule has 5 heteroatoms. The Morgan fingerprint density at radius 3 is 2.03 bits per heavy atom. The highest BCUT2D eigenvalue weighted by Crippen LogP contribution is 2.21. The summed E-state index contributed by atoms with van der Waals surface area (Å²) in [5, 5.41) is 9.07. The van der Waals surface area contributed by atoms with Crippen molar-refractivity contribution >= 4 is 12.0 Å². The lowest BCUT2D eigenvalue weighted by molar-refractivity contribution is -0.137. The van der Waals surface area contributed by atoms with Crippen molar-refractivity contribution in [3.05, 3.63) is 65.2 Å². The third-order valence-electron chi connectivity index (χ3n) is 4.49. The maximum Gasteiger partial charge on any atom is 0.348 e. The quantitative estimate of drug-likeness (QED) is 0.242. The second-order valence-electron chi connectivity index (χ2n) is 6.53. The van der Waals surface area contributed by atoms with Crippen molar-refractivity contribution in [1.29, 1.82) is 5.26 Å². The monoisotopic (exact) mass is 393 g/mol. The van der Waals surface area contributed by atoms with Gasteiger partial charge in [0.05, 0.1) is 6.61 Å². The maximum atomic E-state index is 11.7. The number of rotatable bonds is 10. The van der Waals surface area contributed by atoms with E-state index >= 15 is 0 Å². The first kappa shape index (κ1) is 22.0. The largest absolute Gasteiger partial charge is 0.490 e. The first-order valence-electron chi connectivity index (χ1n) is 9.81. The summed E-state index contributed by atoms with van der Waals surface area (Å²) in [6, 6.07) is 17.2. The molecule has 0 N–H and O–H groups in total. The number of hydrogen-bond acceptors (Lipinski definition) is 5. The zero-order chi connectivity index (χ0) is 21.1. The van der Waals surface area contributed by atoms with E-state index in [0.29, 0.717) is 24.9 Å². The second kappa shape index (κ2) is 11.6. The minimum absolute atomic E-state index is 0.0340. The third-order valence-corrected chi connectivity index (χ3v) is 4.49. The van der Waals surface area contributed by atoms with Gasteiger partial charge in [-0.15, -0.1) is 0 Å². The highest BCUT2D eigenvalue weighted by molar-refractivity contribution is 5.97. The molecule has 29 heavy (non-hydrogen) atoms. The second-order valence-corrected chi connectivity index (χ2v) is 6.53. The molecule has 0 spiro atoms. The van der Waals surface area contributed by atoms with Crippen molar-refractivity contribution in [2.45, 2.75) is 33.1 Å². The van der Waals surface area contributed by atoms with Crippen LogP contribution in [0.4, 0.5) is 0 Å². The lowest BCUT2D eigenvalue weighted by Gasteiger charge is -2.11. The van der Waals surface area contributed by atoms with Gasteiger partial charge in [0.1, 0.15) is 36.4 Å². The molecule has 0 aliphatic heterocycles. The van der Waals surface area contributed by atoms with E-state index in [0.717, 1.165) is 17.7 Å². The molecule has 0 aliphatic carbocycles. The Morgan fingerprint density at radius 2 is 1.55 bits per heavy atom. The molecule has 0 heterocycles. The molecule has 0 amide bonds. The zero-order valence-corrected chi connectivity index (χ0v) is 17.2. The van der Waals surface area contributed by atoms with Gasteiger partial charge in [-0.3, -0.25) is 0 Å². The predicted molar refractivity (Wildman–Crippen MR) is 113 cm³/mol. The molecule has 1 unspecified atom stereocenters. The number of nitriles is 1. The fourth-order valence-corrected chi connectivity index (χ4v) is 2.62. The van der Waals surface area contributed by atoms with Crippen molar-refractivity contribution in [2.75, 3.05) is 19.8 Å². The summed E-state index contributed by atoms with van der Waals surface area (Å²) < 4.78 is 16.2. The van der Waals surface area contributed by atoms with E-state index in [1.54, 1.807) is 31.2 Å². The SMILES string of the molecule is CCOC(=O)/C(C#N)=C/c1ccc(OCCOc2ccc(C(C)CC)cc2)cc1. The van der Waals surface area contributed by atoms with Crippen LogP contribution in [-0.2, 0) is 9.53 Å². The van der Waals surface area contributed by atoms with Crippen LogP contribution in [0.15, 0.2) is 54.1 Å². The van der Waals surface area contributed by atoms with Gasteiger partial charge in [0.15, 0.2) is 0 Å². The molecule has 0 radical (unpaired) electrons. The fraction of sp³-hybridized carbons (Fsp3) is 0.333. The molecule has 0 aromatic heterocycles. The van der Waals surface area contributed by atoms with Crippen LogP contribution in [0.25, 0.3) is 6.08 Å². The van der Waals surface area contributed by atoms with E-state index in [4.69, 9.17) is 19.5 Å². The van der Waals surface area contributed by atoms with E-state index < -0.39 is 5.97 Å². The number of nitrogens with zero attached hydrogens (tertiary/aromatic N) is 1. The summed E-state index contributed by atoms with van der Waals surface area (Å²) in [7, 11) is 0. The van der Waals surface area contributed by atoms with Crippen LogP contribution in [0.1, 0.15) is 44.2 Å². The molecule has 2 rings (SSSR count). The van der Waals surface area contributed by atoms with Crippen LogP contribution in [0, 0.1) is 11.3 Å². The molecule has 2 aromatic rings. The molecule has 0 saturated heterocycles. The van der Waals surface area contributed by atoms with Gasteiger partial charge in [0.2, 0.25) is 0 Å². The van der Waals surface area contributed by atoms with Crippen LogP contribution in [0.2, 0.25) is 0 Å². The van der Waals surface area contributed by atoms with Crippen molar-refractivity contribution in [3.63, 3.8) is 0 Å². The molecule has 0 saturated carbocycles. The number of hydrogen-bond donors (Lipinski definition) is 0. The standard InChI is InChI=1S/C24H27NO4/c1-4-18(3)20-8-12-23(13-9-20)29-15-14-28-22-10-6-19(7-11-22)16-21(17-25)24(26)27-5-2/h6-13,16,18H,4-5,14-15H2,1-3H3/b21-16+. The molecule has 0 bridgehead atoms. The fourth-order valence-electron chi connectivity index (χ4n) is 2.62. The van der Waals surface area contributed by atoms with E-state index in [2.05, 4.69) is 26.0 Å². The minimum Gasteiger partial charge on any atom is -0.490 e. The van der Waals surface area contributed by atoms with E-state index in [1.165, 1.54) is 11.6 Å². The lowest BCUT2D eigenvalue weighted by Crippen LogP contribution is -2.09. The summed E-state index contributed by atoms with van der Waals surface area (Å²) >= 11 is 0. The Bertz CT molecular complexity index is 848.